The molecule has 2 aromatic carbocycles. The number of benzene rings is 2. The van der Waals surface area contributed by atoms with Gasteiger partial charge in [0.05, 0.1) is 14.2 Å². The minimum absolute atomic E-state index is 0.143. The Hall–Kier alpha value is -2.53. The molecule has 5 nitrogen and oxygen atoms in total. The Labute approximate surface area is 154 Å². The molecule has 5 heteroatoms. The summed E-state index contributed by atoms with van der Waals surface area (Å²) in [5.41, 5.74) is 3.99. The molecule has 0 spiro atoms. The van der Waals surface area contributed by atoms with Crippen LogP contribution in [0.4, 0.5) is 5.69 Å². The second-order valence-corrected chi connectivity index (χ2v) is 6.49. The van der Waals surface area contributed by atoms with Gasteiger partial charge in [-0.25, -0.2) is 0 Å². The van der Waals surface area contributed by atoms with E-state index in [9.17, 15) is 4.79 Å². The number of rotatable bonds is 6. The van der Waals surface area contributed by atoms with E-state index in [1.807, 2.05) is 12.1 Å². The first-order chi connectivity index (χ1) is 12.7. The van der Waals surface area contributed by atoms with E-state index in [-0.39, 0.29) is 5.91 Å². The van der Waals surface area contributed by atoms with Gasteiger partial charge >= 0.3 is 0 Å². The summed E-state index contributed by atoms with van der Waals surface area (Å²) in [5, 5.41) is 3.07. The number of methoxy groups -OCH3 is 2. The molecule has 0 radical (unpaired) electrons. The van der Waals surface area contributed by atoms with Gasteiger partial charge in [0.2, 0.25) is 0 Å². The van der Waals surface area contributed by atoms with Gasteiger partial charge in [-0.3, -0.25) is 9.69 Å². The maximum atomic E-state index is 12.7. The first kappa shape index (κ1) is 18.3. The van der Waals surface area contributed by atoms with Crippen molar-refractivity contribution in [2.24, 2.45) is 0 Å². The van der Waals surface area contributed by atoms with Crippen molar-refractivity contribution >= 4 is 11.6 Å². The topological polar surface area (TPSA) is 50.8 Å². The highest BCUT2D eigenvalue weighted by molar-refractivity contribution is 6.05. The minimum atomic E-state index is -0.143. The first-order valence-electron chi connectivity index (χ1n) is 9.02. The van der Waals surface area contributed by atoms with Crippen molar-refractivity contribution in [1.82, 2.24) is 4.90 Å². The van der Waals surface area contributed by atoms with Gasteiger partial charge in [-0.2, -0.15) is 0 Å². The normalized spacial score (nSPS) is 13.8. The van der Waals surface area contributed by atoms with E-state index < -0.39 is 0 Å². The lowest BCUT2D eigenvalue weighted by molar-refractivity contribution is 0.102. The molecule has 0 saturated carbocycles. The fourth-order valence-corrected chi connectivity index (χ4v) is 3.46. The number of carbonyl (C=O) groups is 1. The van der Waals surface area contributed by atoms with Crippen LogP contribution in [0.5, 0.6) is 11.5 Å². The van der Waals surface area contributed by atoms with E-state index in [0.29, 0.717) is 17.1 Å². The van der Waals surface area contributed by atoms with E-state index in [2.05, 4.69) is 23.2 Å². The summed E-state index contributed by atoms with van der Waals surface area (Å²) < 4.78 is 10.5. The summed E-state index contributed by atoms with van der Waals surface area (Å²) in [6.07, 6.45) is 2.11. The van der Waals surface area contributed by atoms with Crippen molar-refractivity contribution in [3.05, 3.63) is 53.1 Å². The summed E-state index contributed by atoms with van der Waals surface area (Å²) >= 11 is 0. The zero-order valence-electron chi connectivity index (χ0n) is 15.7. The minimum Gasteiger partial charge on any atom is -0.493 e. The molecule has 1 N–H and O–H groups in total. The number of hydrogen-bond acceptors (Lipinski definition) is 4. The Morgan fingerprint density at radius 1 is 1.15 bits per heavy atom. The largest absolute Gasteiger partial charge is 0.493 e. The van der Waals surface area contributed by atoms with Crippen LogP contribution in [0.3, 0.4) is 0 Å². The molecule has 1 heterocycles. The lowest BCUT2D eigenvalue weighted by atomic mass is 9.97. The van der Waals surface area contributed by atoms with Crippen molar-refractivity contribution < 1.29 is 14.3 Å². The molecule has 0 atom stereocenters. The zero-order valence-corrected chi connectivity index (χ0v) is 15.7. The number of carbonyl (C=O) groups excluding carboxylic acids is 1. The van der Waals surface area contributed by atoms with Crippen molar-refractivity contribution in [3.63, 3.8) is 0 Å². The molecule has 0 aliphatic carbocycles. The number of amides is 1. The number of nitrogens with one attached hydrogen (secondary N) is 1. The summed E-state index contributed by atoms with van der Waals surface area (Å²) in [4.78, 5) is 15.2. The molecule has 0 saturated heterocycles. The third-order valence-corrected chi connectivity index (χ3v) is 4.78. The molecule has 26 heavy (non-hydrogen) atoms. The molecule has 1 amide bonds. The van der Waals surface area contributed by atoms with Crippen molar-refractivity contribution in [2.75, 3.05) is 32.6 Å². The second kappa shape index (κ2) is 8.23. The number of hydrogen-bond donors (Lipinski definition) is 1. The fourth-order valence-electron chi connectivity index (χ4n) is 3.46. The first-order valence-corrected chi connectivity index (χ1v) is 9.02. The van der Waals surface area contributed by atoms with Crippen LogP contribution in [0, 0.1) is 0 Å². The third kappa shape index (κ3) is 3.83. The molecule has 138 valence electrons. The molecule has 2 aromatic rings. The van der Waals surface area contributed by atoms with Crippen molar-refractivity contribution in [2.45, 2.75) is 26.3 Å². The Morgan fingerprint density at radius 3 is 2.69 bits per heavy atom. The fraction of sp³-hybridized carbons (Fsp3) is 0.381. The van der Waals surface area contributed by atoms with Crippen LogP contribution in [-0.4, -0.2) is 38.1 Å². The lowest BCUT2D eigenvalue weighted by Crippen LogP contribution is -2.31. The second-order valence-electron chi connectivity index (χ2n) is 6.49. The summed E-state index contributed by atoms with van der Waals surface area (Å²) in [5.74, 6) is 1.01. The molecular formula is C21H26N2O3. The van der Waals surface area contributed by atoms with Crippen molar-refractivity contribution in [1.29, 1.82) is 0 Å². The summed E-state index contributed by atoms with van der Waals surface area (Å²) in [7, 11) is 3.14. The molecule has 0 fully saturated rings. The zero-order chi connectivity index (χ0) is 18.5. The number of anilines is 1. The molecule has 0 aromatic heterocycles. The van der Waals surface area contributed by atoms with Crippen LogP contribution < -0.4 is 14.8 Å². The van der Waals surface area contributed by atoms with E-state index >= 15 is 0 Å². The van der Waals surface area contributed by atoms with E-state index in [1.165, 1.54) is 11.1 Å². The number of fused-ring (bicyclic) bond motifs is 1. The average Bonchev–Trinajstić information content (AvgIpc) is 2.67. The number of ether oxygens (including phenoxy) is 2. The summed E-state index contributed by atoms with van der Waals surface area (Å²) in [6.45, 7) is 5.30. The van der Waals surface area contributed by atoms with Crippen molar-refractivity contribution in [3.8, 4) is 11.5 Å². The van der Waals surface area contributed by atoms with Gasteiger partial charge in [-0.15, -0.1) is 0 Å². The van der Waals surface area contributed by atoms with Gasteiger partial charge in [-0.1, -0.05) is 19.1 Å². The molecule has 0 unspecified atom stereocenters. The Bertz CT molecular complexity index is 789. The van der Waals surface area contributed by atoms with Gasteiger partial charge in [0, 0.05) is 24.3 Å². The Balaban J connectivity index is 1.80. The monoisotopic (exact) mass is 354 g/mol. The highest BCUT2D eigenvalue weighted by atomic mass is 16.5. The molecule has 1 aliphatic rings. The van der Waals surface area contributed by atoms with Gasteiger partial charge in [0.25, 0.3) is 5.91 Å². The smallest absolute Gasteiger partial charge is 0.255 e. The third-order valence-electron chi connectivity index (χ3n) is 4.78. The van der Waals surface area contributed by atoms with Crippen LogP contribution in [0.15, 0.2) is 36.4 Å². The van der Waals surface area contributed by atoms with Crippen LogP contribution in [0.1, 0.15) is 34.8 Å². The lowest BCUT2D eigenvalue weighted by Gasteiger charge is -2.29. The predicted octanol–water partition coefficient (Wildman–Crippen LogP) is 3.72. The molecule has 1 aliphatic heterocycles. The average molecular weight is 354 g/mol. The Kier molecular flexibility index (Phi) is 5.78. The maximum Gasteiger partial charge on any atom is 0.255 e. The molecular weight excluding hydrogens is 328 g/mol. The van der Waals surface area contributed by atoms with Gasteiger partial charge in [0.15, 0.2) is 11.5 Å². The molecule has 3 rings (SSSR count). The van der Waals surface area contributed by atoms with Crippen LogP contribution in [0.25, 0.3) is 0 Å². The van der Waals surface area contributed by atoms with Gasteiger partial charge in [-0.05, 0) is 54.8 Å². The quantitative estimate of drug-likeness (QED) is 0.859. The van der Waals surface area contributed by atoms with Gasteiger partial charge in [0.1, 0.15) is 0 Å². The Morgan fingerprint density at radius 2 is 1.96 bits per heavy atom. The summed E-state index contributed by atoms with van der Waals surface area (Å²) in [6, 6.07) is 11.3. The van der Waals surface area contributed by atoms with Crippen LogP contribution >= 0.6 is 0 Å². The van der Waals surface area contributed by atoms with E-state index in [1.54, 1.807) is 32.4 Å². The predicted molar refractivity (Wildman–Crippen MR) is 103 cm³/mol. The highest BCUT2D eigenvalue weighted by Crippen LogP contribution is 2.29. The SMILES string of the molecule is CCCN1CCc2c(cccc2NC(=O)c2ccc(OC)c(OC)c2)C1. The van der Waals surface area contributed by atoms with E-state index in [0.717, 1.165) is 38.2 Å². The van der Waals surface area contributed by atoms with E-state index in [4.69, 9.17) is 9.47 Å². The molecule has 0 bridgehead atoms. The van der Waals surface area contributed by atoms with Crippen LogP contribution in [-0.2, 0) is 13.0 Å². The van der Waals surface area contributed by atoms with Crippen LogP contribution in [0.2, 0.25) is 0 Å². The van der Waals surface area contributed by atoms with Gasteiger partial charge < -0.3 is 14.8 Å². The maximum absolute atomic E-state index is 12.7. The standard InChI is InChI=1S/C21H26N2O3/c1-4-11-23-12-10-17-16(14-23)6-5-7-18(17)22-21(24)15-8-9-19(25-2)20(13-15)26-3/h5-9,13H,4,10-12,14H2,1-3H3,(H,22,24). The highest BCUT2D eigenvalue weighted by Gasteiger charge is 2.19. The number of nitrogens with zero attached hydrogens (tertiary/aromatic N) is 1.